The van der Waals surface area contributed by atoms with Crippen molar-refractivity contribution in [3.63, 3.8) is 0 Å². The Morgan fingerprint density at radius 3 is 2.83 bits per heavy atom. The molecule has 0 spiro atoms. The highest BCUT2D eigenvalue weighted by Crippen LogP contribution is 2.29. The quantitative estimate of drug-likeness (QED) is 0.525. The van der Waals surface area contributed by atoms with Crippen LogP contribution in [0.15, 0.2) is 52.9 Å². The van der Waals surface area contributed by atoms with Crippen molar-refractivity contribution in [1.29, 1.82) is 5.26 Å². The van der Waals surface area contributed by atoms with Gasteiger partial charge in [-0.1, -0.05) is 12.1 Å². The number of carboxylic acids is 1. The van der Waals surface area contributed by atoms with Gasteiger partial charge in [0.25, 0.3) is 5.56 Å². The van der Waals surface area contributed by atoms with Crippen LogP contribution in [-0.2, 0) is 13.1 Å². The molecule has 0 aliphatic carbocycles. The molecule has 0 radical (unpaired) electrons. The molecular weight excluding hydrogens is 392 g/mol. The molecule has 0 bridgehead atoms. The highest BCUT2D eigenvalue weighted by molar-refractivity contribution is 7.17. The van der Waals surface area contributed by atoms with Gasteiger partial charge in [-0.3, -0.25) is 14.0 Å². The van der Waals surface area contributed by atoms with Crippen LogP contribution in [0.2, 0.25) is 0 Å². The number of carbonyl (C=O) groups is 1. The summed E-state index contributed by atoms with van der Waals surface area (Å²) < 4.78 is 3.37. The Labute approximate surface area is 168 Å². The van der Waals surface area contributed by atoms with E-state index in [9.17, 15) is 19.8 Å². The minimum absolute atomic E-state index is 0.137. The Morgan fingerprint density at radius 1 is 1.24 bits per heavy atom. The fraction of sp³-hybridized carbons (Fsp3) is 0.100. The second-order valence-electron chi connectivity index (χ2n) is 6.41. The van der Waals surface area contributed by atoms with Crippen LogP contribution in [0.5, 0.6) is 5.75 Å². The average Bonchev–Trinajstić information content (AvgIpc) is 3.35. The number of hydrogen-bond donors (Lipinski definition) is 2. The molecule has 4 rings (SSSR count). The molecule has 8 nitrogen and oxygen atoms in total. The van der Waals surface area contributed by atoms with Crippen molar-refractivity contribution in [2.75, 3.05) is 0 Å². The van der Waals surface area contributed by atoms with Crippen LogP contribution >= 0.6 is 11.3 Å². The van der Waals surface area contributed by atoms with Crippen LogP contribution in [0.4, 0.5) is 0 Å². The third-order valence-corrected chi connectivity index (χ3v) is 5.41. The minimum atomic E-state index is -1.34. The lowest BCUT2D eigenvalue weighted by Crippen LogP contribution is -2.22. The fourth-order valence-electron chi connectivity index (χ4n) is 3.19. The molecule has 2 N–H and O–H groups in total. The van der Waals surface area contributed by atoms with E-state index in [1.165, 1.54) is 4.57 Å². The minimum Gasteiger partial charge on any atom is -0.502 e. The Balaban J connectivity index is 1.67. The van der Waals surface area contributed by atoms with E-state index in [1.807, 2.05) is 6.07 Å². The van der Waals surface area contributed by atoms with Crippen LogP contribution in [-0.4, -0.2) is 30.5 Å². The topological polar surface area (TPSA) is 121 Å². The highest BCUT2D eigenvalue weighted by atomic mass is 32.1. The first-order chi connectivity index (χ1) is 14.0. The second kappa shape index (κ2) is 7.26. The van der Waals surface area contributed by atoms with Gasteiger partial charge in [-0.15, -0.1) is 11.3 Å². The maximum atomic E-state index is 12.6. The molecule has 29 heavy (non-hydrogen) atoms. The standard InChI is InChI=1S/C20H14N4O4S/c21-7-12-2-1-3-13(6-12)9-23-10-14(8-22-23)11-24-15-4-5-29-18(15)16(20(27)28)17(25)19(24)26/h1-6,8,10,25H,9,11H2,(H,27,28). The summed E-state index contributed by atoms with van der Waals surface area (Å²) >= 11 is 1.15. The van der Waals surface area contributed by atoms with Crippen molar-refractivity contribution >= 4 is 27.5 Å². The second-order valence-corrected chi connectivity index (χ2v) is 7.33. The van der Waals surface area contributed by atoms with Crippen molar-refractivity contribution < 1.29 is 15.0 Å². The lowest BCUT2D eigenvalue weighted by atomic mass is 10.1. The van der Waals surface area contributed by atoms with Gasteiger partial charge in [0, 0.05) is 11.8 Å². The number of nitrogens with zero attached hydrogens (tertiary/aromatic N) is 4. The third-order valence-electron chi connectivity index (χ3n) is 4.49. The largest absolute Gasteiger partial charge is 0.502 e. The summed E-state index contributed by atoms with van der Waals surface area (Å²) in [4.78, 5) is 24.0. The van der Waals surface area contributed by atoms with E-state index in [0.717, 1.165) is 22.5 Å². The molecule has 3 heterocycles. The first kappa shape index (κ1) is 18.5. The summed E-state index contributed by atoms with van der Waals surface area (Å²) in [6, 6.07) is 11.0. The van der Waals surface area contributed by atoms with Gasteiger partial charge in [-0.05, 0) is 29.1 Å². The van der Waals surface area contributed by atoms with Crippen molar-refractivity contribution in [2.24, 2.45) is 0 Å². The molecule has 3 aromatic heterocycles. The summed E-state index contributed by atoms with van der Waals surface area (Å²) in [5.74, 6) is -2.11. The van der Waals surface area contributed by atoms with Crippen LogP contribution in [0, 0.1) is 11.3 Å². The lowest BCUT2D eigenvalue weighted by molar-refractivity contribution is 0.0695. The SMILES string of the molecule is N#Cc1cccc(Cn2cc(Cn3c(=O)c(O)c(C(=O)O)c4sccc43)cn2)c1. The Kier molecular flexibility index (Phi) is 4.62. The number of carboxylic acid groups (broad SMARTS) is 1. The zero-order chi connectivity index (χ0) is 20.5. The molecule has 0 saturated carbocycles. The van der Waals surface area contributed by atoms with E-state index in [0.29, 0.717) is 22.3 Å². The Hall–Kier alpha value is -3.90. The lowest BCUT2D eigenvalue weighted by Gasteiger charge is -2.09. The highest BCUT2D eigenvalue weighted by Gasteiger charge is 2.22. The Morgan fingerprint density at radius 2 is 2.07 bits per heavy atom. The molecule has 9 heteroatoms. The number of benzene rings is 1. The number of aromatic hydroxyl groups is 1. The number of fused-ring (bicyclic) bond motifs is 1. The summed E-state index contributed by atoms with van der Waals surface area (Å²) in [5, 5.41) is 34.4. The summed E-state index contributed by atoms with van der Waals surface area (Å²) in [7, 11) is 0. The number of aromatic carboxylic acids is 1. The zero-order valence-corrected chi connectivity index (χ0v) is 15.8. The van der Waals surface area contributed by atoms with Gasteiger partial charge in [0.2, 0.25) is 0 Å². The predicted molar refractivity (Wildman–Crippen MR) is 106 cm³/mol. The summed E-state index contributed by atoms with van der Waals surface area (Å²) in [5.41, 5.74) is 1.52. The number of aromatic nitrogens is 3. The molecule has 0 amide bonds. The molecule has 0 unspecified atom stereocenters. The van der Waals surface area contributed by atoms with E-state index >= 15 is 0 Å². The first-order valence-corrected chi connectivity index (χ1v) is 9.42. The third kappa shape index (κ3) is 3.37. The van der Waals surface area contributed by atoms with E-state index in [-0.39, 0.29) is 12.1 Å². The van der Waals surface area contributed by atoms with Gasteiger partial charge in [0.05, 0.1) is 41.1 Å². The maximum Gasteiger partial charge on any atom is 0.341 e. The van der Waals surface area contributed by atoms with E-state index in [4.69, 9.17) is 5.26 Å². The number of thiophene rings is 1. The molecule has 144 valence electrons. The molecule has 1 aromatic carbocycles. The monoisotopic (exact) mass is 406 g/mol. The van der Waals surface area contributed by atoms with Crippen LogP contribution < -0.4 is 5.56 Å². The molecular formula is C20H14N4O4S. The number of rotatable bonds is 5. The maximum absolute atomic E-state index is 12.6. The van der Waals surface area contributed by atoms with Crippen LogP contribution in [0.1, 0.15) is 27.0 Å². The van der Waals surface area contributed by atoms with E-state index < -0.39 is 17.3 Å². The number of nitriles is 1. The average molecular weight is 406 g/mol. The van der Waals surface area contributed by atoms with Gasteiger partial charge < -0.3 is 10.2 Å². The number of hydrogen-bond acceptors (Lipinski definition) is 6. The van der Waals surface area contributed by atoms with Crippen molar-refractivity contribution in [2.45, 2.75) is 13.1 Å². The van der Waals surface area contributed by atoms with Crippen LogP contribution in [0.25, 0.3) is 10.2 Å². The van der Waals surface area contributed by atoms with Gasteiger partial charge in [0.15, 0.2) is 5.75 Å². The van der Waals surface area contributed by atoms with Crippen molar-refractivity contribution in [3.05, 3.63) is 80.7 Å². The Bertz CT molecular complexity index is 1340. The molecule has 0 aliphatic heterocycles. The van der Waals surface area contributed by atoms with Crippen LogP contribution in [0.3, 0.4) is 0 Å². The van der Waals surface area contributed by atoms with Crippen molar-refractivity contribution in [1.82, 2.24) is 14.3 Å². The molecule has 4 aromatic rings. The van der Waals surface area contributed by atoms with Gasteiger partial charge in [-0.25, -0.2) is 4.79 Å². The normalized spacial score (nSPS) is 10.9. The van der Waals surface area contributed by atoms with Gasteiger partial charge in [-0.2, -0.15) is 10.4 Å². The molecule has 0 aliphatic rings. The number of pyridine rings is 1. The fourth-order valence-corrected chi connectivity index (χ4v) is 4.13. The first-order valence-electron chi connectivity index (χ1n) is 8.54. The van der Waals surface area contributed by atoms with Gasteiger partial charge in [0.1, 0.15) is 5.56 Å². The molecule has 0 atom stereocenters. The molecule has 0 fully saturated rings. The van der Waals surface area contributed by atoms with E-state index in [1.54, 1.807) is 46.7 Å². The summed E-state index contributed by atoms with van der Waals surface area (Å²) in [6.45, 7) is 0.596. The zero-order valence-electron chi connectivity index (χ0n) is 14.9. The van der Waals surface area contributed by atoms with Gasteiger partial charge >= 0.3 is 5.97 Å². The molecule has 0 saturated heterocycles. The smallest absolute Gasteiger partial charge is 0.341 e. The van der Waals surface area contributed by atoms with Crippen molar-refractivity contribution in [3.8, 4) is 11.8 Å². The van der Waals surface area contributed by atoms with E-state index in [2.05, 4.69) is 11.2 Å². The summed E-state index contributed by atoms with van der Waals surface area (Å²) in [6.07, 6.45) is 3.38. The predicted octanol–water partition coefficient (Wildman–Crippen LogP) is 2.63.